The number of hydrogen-bond donors (Lipinski definition) is 1. The van der Waals surface area contributed by atoms with Gasteiger partial charge >= 0.3 is 6.18 Å². The van der Waals surface area contributed by atoms with Gasteiger partial charge in [-0.25, -0.2) is 0 Å². The lowest BCUT2D eigenvalue weighted by Crippen LogP contribution is -2.39. The van der Waals surface area contributed by atoms with Gasteiger partial charge in [0.05, 0.1) is 6.10 Å². The molecule has 1 aromatic carbocycles. The van der Waals surface area contributed by atoms with Crippen molar-refractivity contribution in [2.24, 2.45) is 0 Å². The summed E-state index contributed by atoms with van der Waals surface area (Å²) in [6, 6.07) is 7.36. The van der Waals surface area contributed by atoms with E-state index >= 15 is 0 Å². The van der Waals surface area contributed by atoms with Gasteiger partial charge in [-0.1, -0.05) is 29.8 Å². The molecule has 0 radical (unpaired) electrons. The number of aryl methyl sites for hydroxylation is 1. The molecule has 1 rings (SSSR count). The lowest BCUT2D eigenvalue weighted by atomic mass is 10.0. The molecule has 1 unspecified atom stereocenters. The molecule has 0 fully saturated rings. The molecule has 0 aliphatic carbocycles. The van der Waals surface area contributed by atoms with Gasteiger partial charge < -0.3 is 10.1 Å². The van der Waals surface area contributed by atoms with Crippen molar-refractivity contribution >= 4 is 0 Å². The van der Waals surface area contributed by atoms with Crippen molar-refractivity contribution in [2.45, 2.75) is 45.5 Å². The lowest BCUT2D eigenvalue weighted by molar-refractivity contribution is -0.186. The molecule has 5 heteroatoms. The van der Waals surface area contributed by atoms with E-state index in [0.717, 1.165) is 11.1 Å². The fraction of sp³-hybridized carbons (Fsp3) is 0.600. The second kappa shape index (κ2) is 6.59. The number of nitrogens with one attached hydrogen (secondary N) is 1. The number of ether oxygens (including phenoxy) is 1. The van der Waals surface area contributed by atoms with Crippen LogP contribution in [-0.4, -0.2) is 24.9 Å². The zero-order chi connectivity index (χ0) is 15.4. The van der Waals surface area contributed by atoms with E-state index in [-0.39, 0.29) is 5.54 Å². The molecule has 0 amide bonds. The van der Waals surface area contributed by atoms with Crippen LogP contribution in [0.3, 0.4) is 0 Å². The molecular weight excluding hydrogens is 267 g/mol. The molecule has 1 atom stereocenters. The van der Waals surface area contributed by atoms with Crippen LogP contribution in [0.2, 0.25) is 0 Å². The normalized spacial score (nSPS) is 14.3. The van der Waals surface area contributed by atoms with Crippen molar-refractivity contribution in [3.8, 4) is 0 Å². The summed E-state index contributed by atoms with van der Waals surface area (Å²) in [5, 5.41) is 3.18. The fourth-order valence-electron chi connectivity index (χ4n) is 1.65. The van der Waals surface area contributed by atoms with Crippen LogP contribution in [0, 0.1) is 6.92 Å². The predicted molar refractivity (Wildman–Crippen MR) is 73.7 cm³/mol. The van der Waals surface area contributed by atoms with E-state index in [1.807, 2.05) is 39.8 Å². The molecule has 0 aliphatic heterocycles. The first-order chi connectivity index (χ1) is 9.07. The van der Waals surface area contributed by atoms with Crippen molar-refractivity contribution in [1.82, 2.24) is 5.32 Å². The molecule has 114 valence electrons. The Morgan fingerprint density at radius 3 is 2.10 bits per heavy atom. The third-order valence-electron chi connectivity index (χ3n) is 2.72. The highest BCUT2D eigenvalue weighted by Gasteiger charge is 2.30. The maximum atomic E-state index is 12.3. The van der Waals surface area contributed by atoms with Crippen LogP contribution in [0.4, 0.5) is 13.2 Å². The highest BCUT2D eigenvalue weighted by Crippen LogP contribution is 2.23. The molecule has 0 saturated carbocycles. The van der Waals surface area contributed by atoms with E-state index in [4.69, 9.17) is 4.74 Å². The zero-order valence-corrected chi connectivity index (χ0v) is 12.3. The van der Waals surface area contributed by atoms with Crippen LogP contribution in [0.15, 0.2) is 24.3 Å². The summed E-state index contributed by atoms with van der Waals surface area (Å²) in [6.07, 6.45) is -4.93. The predicted octanol–water partition coefficient (Wildman–Crippen LogP) is 4.00. The average Bonchev–Trinajstić information content (AvgIpc) is 2.28. The van der Waals surface area contributed by atoms with Crippen LogP contribution in [0.5, 0.6) is 0 Å². The number of rotatable bonds is 5. The molecule has 0 aromatic heterocycles. The van der Waals surface area contributed by atoms with Gasteiger partial charge in [0.25, 0.3) is 0 Å². The maximum absolute atomic E-state index is 12.3. The Balaban J connectivity index is 2.75. The fourth-order valence-corrected chi connectivity index (χ4v) is 1.65. The average molecular weight is 289 g/mol. The summed E-state index contributed by atoms with van der Waals surface area (Å²) in [7, 11) is 0. The number of benzene rings is 1. The minimum atomic E-state index is -4.31. The van der Waals surface area contributed by atoms with Crippen molar-refractivity contribution in [3.63, 3.8) is 0 Å². The van der Waals surface area contributed by atoms with Gasteiger partial charge in [0, 0.05) is 12.1 Å². The number of halogens is 3. The Kier molecular flexibility index (Phi) is 5.59. The molecule has 2 nitrogen and oxygen atoms in total. The molecule has 1 N–H and O–H groups in total. The van der Waals surface area contributed by atoms with Crippen LogP contribution in [-0.2, 0) is 4.74 Å². The minimum Gasteiger partial charge on any atom is -0.363 e. The van der Waals surface area contributed by atoms with Crippen LogP contribution < -0.4 is 5.32 Å². The first-order valence-electron chi connectivity index (χ1n) is 6.57. The topological polar surface area (TPSA) is 21.3 Å². The Bertz CT molecular complexity index is 389. The second-order valence-corrected chi connectivity index (χ2v) is 5.96. The highest BCUT2D eigenvalue weighted by molar-refractivity contribution is 5.23. The van der Waals surface area contributed by atoms with Gasteiger partial charge in [0.2, 0.25) is 0 Å². The molecule has 0 spiro atoms. The van der Waals surface area contributed by atoms with E-state index in [9.17, 15) is 13.2 Å². The van der Waals surface area contributed by atoms with E-state index in [1.165, 1.54) is 0 Å². The van der Waals surface area contributed by atoms with Crippen molar-refractivity contribution in [3.05, 3.63) is 35.4 Å². The molecule has 0 heterocycles. The molecular formula is C15H22F3NO. The second-order valence-electron chi connectivity index (χ2n) is 5.96. The first kappa shape index (κ1) is 17.0. The molecule has 0 saturated heterocycles. The standard InChI is InChI=1S/C15H22F3NO/c1-11-5-7-12(8-6-11)13(9-19-14(2,3)4)20-10-15(16,17)18/h5-8,13,19H,9-10H2,1-4H3. The van der Waals surface area contributed by atoms with E-state index in [0.29, 0.717) is 6.54 Å². The Morgan fingerprint density at radius 1 is 1.10 bits per heavy atom. The van der Waals surface area contributed by atoms with Crippen LogP contribution in [0.1, 0.15) is 38.0 Å². The quantitative estimate of drug-likeness (QED) is 0.884. The minimum absolute atomic E-state index is 0.176. The van der Waals surface area contributed by atoms with Gasteiger partial charge in [0.15, 0.2) is 0 Å². The van der Waals surface area contributed by atoms with E-state index < -0.39 is 18.9 Å². The number of hydrogen-bond acceptors (Lipinski definition) is 2. The summed E-state index contributed by atoms with van der Waals surface area (Å²) >= 11 is 0. The lowest BCUT2D eigenvalue weighted by Gasteiger charge is -2.26. The summed E-state index contributed by atoms with van der Waals surface area (Å²) in [5.74, 6) is 0. The Labute approximate surface area is 118 Å². The molecule has 0 bridgehead atoms. The highest BCUT2D eigenvalue weighted by atomic mass is 19.4. The smallest absolute Gasteiger partial charge is 0.363 e. The zero-order valence-electron chi connectivity index (χ0n) is 12.3. The van der Waals surface area contributed by atoms with E-state index in [1.54, 1.807) is 12.1 Å². The van der Waals surface area contributed by atoms with Gasteiger partial charge in [-0.3, -0.25) is 0 Å². The van der Waals surface area contributed by atoms with Crippen LogP contribution in [0.25, 0.3) is 0 Å². The third-order valence-corrected chi connectivity index (χ3v) is 2.72. The van der Waals surface area contributed by atoms with Crippen molar-refractivity contribution in [2.75, 3.05) is 13.2 Å². The molecule has 20 heavy (non-hydrogen) atoms. The molecule has 1 aromatic rings. The van der Waals surface area contributed by atoms with E-state index in [2.05, 4.69) is 5.32 Å². The monoisotopic (exact) mass is 289 g/mol. The summed E-state index contributed by atoms with van der Waals surface area (Å²) in [6.45, 7) is 6.91. The summed E-state index contributed by atoms with van der Waals surface area (Å²) in [4.78, 5) is 0. The largest absolute Gasteiger partial charge is 0.411 e. The van der Waals surface area contributed by atoms with Gasteiger partial charge in [-0.05, 0) is 33.3 Å². The van der Waals surface area contributed by atoms with Gasteiger partial charge in [-0.15, -0.1) is 0 Å². The van der Waals surface area contributed by atoms with Gasteiger partial charge in [0.1, 0.15) is 6.61 Å². The SMILES string of the molecule is Cc1ccc(C(CNC(C)(C)C)OCC(F)(F)F)cc1. The maximum Gasteiger partial charge on any atom is 0.411 e. The number of alkyl halides is 3. The summed E-state index contributed by atoms with van der Waals surface area (Å²) < 4.78 is 42.0. The third kappa shape index (κ3) is 6.91. The van der Waals surface area contributed by atoms with Gasteiger partial charge in [-0.2, -0.15) is 13.2 Å². The summed E-state index contributed by atoms with van der Waals surface area (Å²) in [5.41, 5.74) is 1.63. The molecule has 0 aliphatic rings. The van der Waals surface area contributed by atoms with Crippen LogP contribution >= 0.6 is 0 Å². The Hall–Kier alpha value is -1.07. The van der Waals surface area contributed by atoms with Crippen molar-refractivity contribution < 1.29 is 17.9 Å². The Morgan fingerprint density at radius 2 is 1.65 bits per heavy atom. The van der Waals surface area contributed by atoms with Crippen molar-refractivity contribution in [1.29, 1.82) is 0 Å². The first-order valence-corrected chi connectivity index (χ1v) is 6.57.